The molecule has 2 N–H and O–H groups in total. The molecule has 0 radical (unpaired) electrons. The molecule has 0 unspecified atom stereocenters. The molecule has 1 aromatic carbocycles. The van der Waals surface area contributed by atoms with Crippen LogP contribution in [0, 0.1) is 17.8 Å². The highest BCUT2D eigenvalue weighted by Gasteiger charge is 2.41. The number of methoxy groups -OCH3 is 1. The Hall–Kier alpha value is -3.49. The Morgan fingerprint density at radius 2 is 1.75 bits per heavy atom. The minimum Gasteiger partial charge on any atom is -0.469 e. The first-order chi connectivity index (χ1) is 24.8. The number of aromatic nitrogens is 1. The average Bonchev–Trinajstić information content (AvgIpc) is 3.59. The summed E-state index contributed by atoms with van der Waals surface area (Å²) in [5, 5.41) is 8.25. The molecule has 0 spiro atoms. The molecule has 4 rings (SSSR count). The van der Waals surface area contributed by atoms with Gasteiger partial charge in [-0.1, -0.05) is 57.5 Å². The Morgan fingerprint density at radius 3 is 2.35 bits per heavy atom. The van der Waals surface area contributed by atoms with Crippen molar-refractivity contribution in [2.24, 2.45) is 17.8 Å². The number of hydrogen-bond donors (Lipinski definition) is 2. The van der Waals surface area contributed by atoms with Gasteiger partial charge in [0, 0.05) is 43.8 Å². The summed E-state index contributed by atoms with van der Waals surface area (Å²) in [6, 6.07) is 8.07. The predicted octanol–water partition coefficient (Wildman–Crippen LogP) is 4.49. The largest absolute Gasteiger partial charge is 0.469 e. The predicted molar refractivity (Wildman–Crippen MR) is 203 cm³/mol. The second-order valence-corrected chi connectivity index (χ2v) is 16.4. The van der Waals surface area contributed by atoms with Gasteiger partial charge < -0.3 is 25.0 Å². The van der Waals surface area contributed by atoms with E-state index in [0.717, 1.165) is 42.9 Å². The summed E-state index contributed by atoms with van der Waals surface area (Å²) < 4.78 is 10.7. The first-order valence-electron chi connectivity index (χ1n) is 18.2. The van der Waals surface area contributed by atoms with Crippen LogP contribution in [0.25, 0.3) is 0 Å². The molecule has 12 nitrogen and oxygen atoms in total. The number of esters is 2. The fraction of sp³-hybridized carbons (Fsp3) is 0.632. The molecule has 2 aromatic rings. The summed E-state index contributed by atoms with van der Waals surface area (Å²) >= 11 is 2.97. The summed E-state index contributed by atoms with van der Waals surface area (Å²) in [6.07, 6.45) is 3.13. The van der Waals surface area contributed by atoms with Crippen molar-refractivity contribution in [1.82, 2.24) is 25.4 Å². The number of piperidine rings is 1. The number of nitrogens with zero attached hydrogens (tertiary/aromatic N) is 3. The molecule has 2 aliphatic rings. The van der Waals surface area contributed by atoms with Crippen LogP contribution >= 0.6 is 23.1 Å². The van der Waals surface area contributed by atoms with Crippen LogP contribution < -0.4 is 10.6 Å². The number of ether oxygens (including phenoxy) is 2. The van der Waals surface area contributed by atoms with Gasteiger partial charge in [-0.25, -0.2) is 4.98 Å². The van der Waals surface area contributed by atoms with E-state index in [1.165, 1.54) is 25.4 Å². The fourth-order valence-electron chi connectivity index (χ4n) is 6.98. The highest BCUT2D eigenvalue weighted by molar-refractivity contribution is 8.00. The lowest BCUT2D eigenvalue weighted by molar-refractivity contribution is -0.149. The molecule has 286 valence electrons. The van der Waals surface area contributed by atoms with E-state index < -0.39 is 29.9 Å². The van der Waals surface area contributed by atoms with Gasteiger partial charge in [-0.2, -0.15) is 11.8 Å². The molecule has 0 saturated carbocycles. The molecular weight excluding hydrogens is 703 g/mol. The van der Waals surface area contributed by atoms with E-state index in [1.54, 1.807) is 36.0 Å². The van der Waals surface area contributed by atoms with Gasteiger partial charge in [-0.15, -0.1) is 11.3 Å². The number of hydrogen-bond acceptors (Lipinski definition) is 11. The van der Waals surface area contributed by atoms with E-state index in [9.17, 15) is 24.0 Å². The number of nitrogens with one attached hydrogen (secondary N) is 2. The van der Waals surface area contributed by atoms with Crippen LogP contribution in [0.3, 0.4) is 0 Å². The second-order valence-electron chi connectivity index (χ2n) is 14.5. The third-order valence-corrected chi connectivity index (χ3v) is 12.3. The van der Waals surface area contributed by atoms with Gasteiger partial charge in [-0.05, 0) is 62.3 Å². The van der Waals surface area contributed by atoms with Gasteiger partial charge >= 0.3 is 11.9 Å². The first kappa shape index (κ1) is 41.3. The van der Waals surface area contributed by atoms with Crippen LogP contribution in [-0.2, 0) is 35.1 Å². The van der Waals surface area contributed by atoms with E-state index in [-0.39, 0.29) is 59.9 Å². The van der Waals surface area contributed by atoms with Gasteiger partial charge in [-0.3, -0.25) is 28.9 Å². The fourth-order valence-corrected chi connectivity index (χ4v) is 8.71. The number of thioether (sulfide) groups is 1. The Bertz CT molecular complexity index is 1520. The monoisotopic (exact) mass is 757 g/mol. The van der Waals surface area contributed by atoms with Crippen LogP contribution in [0.1, 0.15) is 87.0 Å². The van der Waals surface area contributed by atoms with E-state index in [1.807, 2.05) is 51.2 Å². The van der Waals surface area contributed by atoms with Crippen molar-refractivity contribution in [3.63, 3.8) is 0 Å². The molecule has 14 heteroatoms. The second kappa shape index (κ2) is 19.5. The van der Waals surface area contributed by atoms with E-state index >= 15 is 0 Å². The number of carbonyl (C=O) groups is 5. The molecule has 1 aromatic heterocycles. The number of benzene rings is 1. The van der Waals surface area contributed by atoms with Gasteiger partial charge in [0.2, 0.25) is 11.8 Å². The third kappa shape index (κ3) is 11.3. The smallest absolute Gasteiger partial charge is 0.308 e. The summed E-state index contributed by atoms with van der Waals surface area (Å²) in [5.74, 6) is -0.366. The number of thiazole rings is 1. The first-order valence-corrected chi connectivity index (χ1v) is 20.2. The maximum absolute atomic E-state index is 14.2. The molecule has 3 amide bonds. The standard InChI is InChI=1S/C38H55N5O7S2/c1-23(2)31(43(6)37(47)33(27-20-51-21-27)41-35(46)30-15-11-12-16-42(30)5)19-32(50-25(4)44)36-40-29(22-52-36)34(45)39-28(17-24(3)38(48)49-7)18-26-13-9-8-10-14-26/h8-10,13-14,22-24,27-28,30-33H,11-12,15-21H2,1-7H3,(H,39,45)(H,41,46)/t24-,28+,30+,31+,32+,33-/m0/s1. The summed E-state index contributed by atoms with van der Waals surface area (Å²) in [7, 11) is 5.05. The van der Waals surface area contributed by atoms with Crippen molar-refractivity contribution >= 4 is 52.8 Å². The van der Waals surface area contributed by atoms with Crippen LogP contribution in [0.4, 0.5) is 0 Å². The topological polar surface area (TPSA) is 147 Å². The number of amides is 3. The molecule has 6 atom stereocenters. The lowest BCUT2D eigenvalue weighted by atomic mass is 9.93. The average molecular weight is 758 g/mol. The van der Waals surface area contributed by atoms with Crippen LogP contribution in [0.5, 0.6) is 0 Å². The number of carbonyl (C=O) groups excluding carboxylic acids is 5. The summed E-state index contributed by atoms with van der Waals surface area (Å²) in [4.78, 5) is 74.2. The quantitative estimate of drug-likeness (QED) is 0.221. The van der Waals surface area contributed by atoms with Crippen molar-refractivity contribution in [3.05, 3.63) is 52.0 Å². The van der Waals surface area contributed by atoms with E-state index in [4.69, 9.17) is 9.47 Å². The molecular formula is C38H55N5O7S2. The lowest BCUT2D eigenvalue weighted by Gasteiger charge is -2.40. The SMILES string of the molecule is COC(=O)[C@@H](C)C[C@H](Cc1ccccc1)NC(=O)c1csc([C@@H](C[C@H](C(C)C)N(C)C(=O)[C@@H](NC(=O)[C@H]2CCCCN2C)C2CSC2)OC(C)=O)n1. The zero-order valence-corrected chi connectivity index (χ0v) is 33.1. The van der Waals surface area contributed by atoms with Gasteiger partial charge in [0.25, 0.3) is 5.91 Å². The highest BCUT2D eigenvalue weighted by atomic mass is 32.2. The molecule has 0 aliphatic carbocycles. The summed E-state index contributed by atoms with van der Waals surface area (Å²) in [5.41, 5.74) is 1.18. The van der Waals surface area contributed by atoms with Crippen molar-refractivity contribution in [2.45, 2.75) is 96.5 Å². The van der Waals surface area contributed by atoms with E-state index in [2.05, 4.69) is 20.5 Å². The molecule has 2 saturated heterocycles. The molecule has 0 bridgehead atoms. The van der Waals surface area contributed by atoms with Crippen molar-refractivity contribution in [3.8, 4) is 0 Å². The normalized spacial score (nSPS) is 19.3. The Morgan fingerprint density at radius 1 is 1.04 bits per heavy atom. The van der Waals surface area contributed by atoms with Gasteiger partial charge in [0.15, 0.2) is 6.10 Å². The van der Waals surface area contributed by atoms with Crippen LogP contribution in [-0.4, -0.2) is 108 Å². The Balaban J connectivity index is 1.50. The van der Waals surface area contributed by atoms with Gasteiger partial charge in [0.1, 0.15) is 16.7 Å². The third-order valence-electron chi connectivity index (χ3n) is 10.1. The number of rotatable bonds is 17. The zero-order chi connectivity index (χ0) is 37.9. The Labute approximate surface area is 316 Å². The van der Waals surface area contributed by atoms with Crippen LogP contribution in [0.2, 0.25) is 0 Å². The minimum absolute atomic E-state index is 0.0260. The molecule has 2 fully saturated rings. The zero-order valence-electron chi connectivity index (χ0n) is 31.5. The maximum Gasteiger partial charge on any atom is 0.308 e. The highest BCUT2D eigenvalue weighted by Crippen LogP contribution is 2.33. The minimum atomic E-state index is -0.811. The molecule has 2 aliphatic heterocycles. The van der Waals surface area contributed by atoms with Crippen LogP contribution in [0.15, 0.2) is 35.7 Å². The number of likely N-dealkylation sites (tertiary alicyclic amines) is 1. The number of likely N-dealkylation sites (N-methyl/N-ethyl adjacent to an activating group) is 2. The molecule has 52 heavy (non-hydrogen) atoms. The van der Waals surface area contributed by atoms with Gasteiger partial charge in [0.05, 0.1) is 19.1 Å². The summed E-state index contributed by atoms with van der Waals surface area (Å²) in [6.45, 7) is 7.96. The van der Waals surface area contributed by atoms with Crippen molar-refractivity contribution in [2.75, 3.05) is 39.3 Å². The molecule has 3 heterocycles. The maximum atomic E-state index is 14.2. The van der Waals surface area contributed by atoms with E-state index in [0.29, 0.717) is 17.8 Å². The lowest BCUT2D eigenvalue weighted by Crippen LogP contribution is -2.60. The van der Waals surface area contributed by atoms with Crippen molar-refractivity contribution < 1.29 is 33.4 Å². The Kier molecular flexibility index (Phi) is 15.5. The van der Waals surface area contributed by atoms with Crippen molar-refractivity contribution in [1.29, 1.82) is 0 Å².